The fraction of sp³-hybridized carbons (Fsp3) is 0.300. The summed E-state index contributed by atoms with van der Waals surface area (Å²) in [7, 11) is 5.39. The standard InChI is InChI=1S/C20H23BO/c1-11-8-18(15(5)14(4)13(11)3)10-19-9-12(2)20(22-21)17(7)16(19)6/h8-10H,3H2,1-2,4-7H3. The smallest absolute Gasteiger partial charge is 0.374 e. The highest BCUT2D eigenvalue weighted by Gasteiger charge is 2.09. The van der Waals surface area contributed by atoms with Gasteiger partial charge in [0.2, 0.25) is 0 Å². The molecule has 0 aromatic heterocycles. The molecular formula is C20H23BO. The van der Waals surface area contributed by atoms with Gasteiger partial charge in [-0.25, -0.2) is 0 Å². The molecule has 0 amide bonds. The molecule has 0 aliphatic rings. The molecule has 0 aliphatic carbocycles. The summed E-state index contributed by atoms with van der Waals surface area (Å²) in [4.78, 5) is 0. The second-order valence-electron chi connectivity index (χ2n) is 6.14. The van der Waals surface area contributed by atoms with E-state index in [9.17, 15) is 0 Å². The maximum Gasteiger partial charge on any atom is 0.374 e. The van der Waals surface area contributed by atoms with Crippen LogP contribution in [-0.2, 0) is 0 Å². The second-order valence-corrected chi connectivity index (χ2v) is 6.14. The van der Waals surface area contributed by atoms with E-state index in [0.29, 0.717) is 0 Å². The maximum absolute atomic E-state index is 5.39. The number of aryl methyl sites for hydroxylation is 2. The van der Waals surface area contributed by atoms with Gasteiger partial charge in [-0.2, -0.15) is 0 Å². The lowest BCUT2D eigenvalue weighted by atomic mass is 9.95. The summed E-state index contributed by atoms with van der Waals surface area (Å²) in [5.74, 6) is 0.770. The van der Waals surface area contributed by atoms with E-state index in [1.807, 2.05) is 13.8 Å². The molecule has 0 atom stereocenters. The van der Waals surface area contributed by atoms with E-state index in [4.69, 9.17) is 12.7 Å². The normalized spacial score (nSPS) is 11.8. The Hall–Kier alpha value is -1.96. The molecule has 0 bridgehead atoms. The van der Waals surface area contributed by atoms with Crippen LogP contribution in [0.4, 0.5) is 0 Å². The topological polar surface area (TPSA) is 9.23 Å². The van der Waals surface area contributed by atoms with Crippen LogP contribution in [0.1, 0.15) is 38.9 Å². The number of benzene rings is 2. The van der Waals surface area contributed by atoms with Crippen molar-refractivity contribution in [2.45, 2.75) is 41.5 Å². The monoisotopic (exact) mass is 290 g/mol. The predicted molar refractivity (Wildman–Crippen MR) is 96.0 cm³/mol. The Morgan fingerprint density at radius 1 is 0.864 bits per heavy atom. The van der Waals surface area contributed by atoms with Gasteiger partial charge >= 0.3 is 8.05 Å². The molecule has 0 spiro atoms. The molecule has 2 radical (unpaired) electrons. The van der Waals surface area contributed by atoms with Crippen LogP contribution in [0.25, 0.3) is 12.7 Å². The Balaban J connectivity index is 2.78. The van der Waals surface area contributed by atoms with Crippen LogP contribution in [0.5, 0.6) is 5.75 Å². The molecule has 0 aliphatic heterocycles. The van der Waals surface area contributed by atoms with Gasteiger partial charge < -0.3 is 4.65 Å². The minimum Gasteiger partial charge on any atom is -0.567 e. The second kappa shape index (κ2) is 6.04. The Kier molecular flexibility index (Phi) is 4.51. The van der Waals surface area contributed by atoms with E-state index in [0.717, 1.165) is 22.1 Å². The SMILES string of the molecule is [B]Oc1c(C)cc(C=c2cc(C)c(=C)c(C)c2C)c(C)c1C. The molecule has 1 nitrogen and oxygen atoms in total. The summed E-state index contributed by atoms with van der Waals surface area (Å²) in [6.45, 7) is 16.7. The van der Waals surface area contributed by atoms with E-state index >= 15 is 0 Å². The van der Waals surface area contributed by atoms with Crippen LogP contribution in [0.2, 0.25) is 0 Å². The molecular weight excluding hydrogens is 267 g/mol. The van der Waals surface area contributed by atoms with Gasteiger partial charge in [0.1, 0.15) is 5.75 Å². The fourth-order valence-electron chi connectivity index (χ4n) is 2.91. The minimum atomic E-state index is 0.770. The first-order valence-electron chi connectivity index (χ1n) is 7.53. The number of hydrogen-bond acceptors (Lipinski definition) is 1. The summed E-state index contributed by atoms with van der Waals surface area (Å²) in [5.41, 5.74) is 8.31. The van der Waals surface area contributed by atoms with Crippen molar-refractivity contribution in [3.05, 3.63) is 61.5 Å². The quantitative estimate of drug-likeness (QED) is 0.772. The summed E-state index contributed by atoms with van der Waals surface area (Å²) in [6.07, 6.45) is 2.24. The van der Waals surface area contributed by atoms with E-state index in [-0.39, 0.29) is 0 Å². The summed E-state index contributed by atoms with van der Waals surface area (Å²) < 4.78 is 5.02. The van der Waals surface area contributed by atoms with Crippen LogP contribution >= 0.6 is 0 Å². The van der Waals surface area contributed by atoms with E-state index < -0.39 is 0 Å². The Morgan fingerprint density at radius 2 is 1.50 bits per heavy atom. The van der Waals surface area contributed by atoms with Gasteiger partial charge in [0.05, 0.1) is 0 Å². The van der Waals surface area contributed by atoms with Crippen molar-refractivity contribution < 1.29 is 4.65 Å². The molecule has 0 fully saturated rings. The van der Waals surface area contributed by atoms with Crippen LogP contribution in [0.3, 0.4) is 0 Å². The van der Waals surface area contributed by atoms with Gasteiger partial charge in [0.15, 0.2) is 0 Å². The highest BCUT2D eigenvalue weighted by molar-refractivity contribution is 6.00. The van der Waals surface area contributed by atoms with Crippen molar-refractivity contribution in [1.82, 2.24) is 0 Å². The minimum absolute atomic E-state index is 0.770. The molecule has 0 unspecified atom stereocenters. The molecule has 0 heterocycles. The lowest BCUT2D eigenvalue weighted by Crippen LogP contribution is -2.20. The van der Waals surface area contributed by atoms with Crippen LogP contribution < -0.4 is 15.1 Å². The molecule has 0 saturated heterocycles. The van der Waals surface area contributed by atoms with Crippen LogP contribution in [-0.4, -0.2) is 8.05 Å². The van der Waals surface area contributed by atoms with Crippen LogP contribution in [0, 0.1) is 41.5 Å². The summed E-state index contributed by atoms with van der Waals surface area (Å²) in [6, 6.07) is 4.34. The molecule has 22 heavy (non-hydrogen) atoms. The third-order valence-electron chi connectivity index (χ3n) is 4.79. The zero-order chi connectivity index (χ0) is 16.6. The largest absolute Gasteiger partial charge is 0.567 e. The zero-order valence-corrected chi connectivity index (χ0v) is 14.4. The van der Waals surface area contributed by atoms with E-state index in [2.05, 4.69) is 52.5 Å². The molecule has 0 N–H and O–H groups in total. The number of hydrogen-bond donors (Lipinski definition) is 0. The van der Waals surface area contributed by atoms with Gasteiger partial charge in [-0.05, 0) is 103 Å². The molecule has 2 aromatic rings. The van der Waals surface area contributed by atoms with Crippen molar-refractivity contribution >= 4 is 20.7 Å². The van der Waals surface area contributed by atoms with Gasteiger partial charge in [0.25, 0.3) is 0 Å². The van der Waals surface area contributed by atoms with E-state index in [1.54, 1.807) is 0 Å². The zero-order valence-electron chi connectivity index (χ0n) is 14.4. The van der Waals surface area contributed by atoms with Gasteiger partial charge in [-0.3, -0.25) is 0 Å². The highest BCUT2D eigenvalue weighted by Crippen LogP contribution is 2.28. The summed E-state index contributed by atoms with van der Waals surface area (Å²) >= 11 is 0. The third-order valence-corrected chi connectivity index (χ3v) is 4.79. The maximum atomic E-state index is 5.39. The molecule has 2 heteroatoms. The average molecular weight is 290 g/mol. The van der Waals surface area contributed by atoms with Crippen LogP contribution in [0.15, 0.2) is 12.1 Å². The molecule has 2 aromatic carbocycles. The lowest BCUT2D eigenvalue weighted by molar-refractivity contribution is 0.603. The highest BCUT2D eigenvalue weighted by atomic mass is 16.4. The first-order chi connectivity index (χ1) is 10.3. The molecule has 112 valence electrons. The first kappa shape index (κ1) is 16.4. The predicted octanol–water partition coefficient (Wildman–Crippen LogP) is 3.24. The van der Waals surface area contributed by atoms with Gasteiger partial charge in [-0.1, -0.05) is 12.6 Å². The fourth-order valence-corrected chi connectivity index (χ4v) is 2.91. The van der Waals surface area contributed by atoms with Crippen molar-refractivity contribution in [3.8, 4) is 5.75 Å². The van der Waals surface area contributed by atoms with Crippen molar-refractivity contribution in [2.24, 2.45) is 0 Å². The van der Waals surface area contributed by atoms with Gasteiger partial charge in [-0.15, -0.1) is 0 Å². The summed E-state index contributed by atoms with van der Waals surface area (Å²) in [5, 5.41) is 2.37. The third kappa shape index (κ3) is 2.70. The number of rotatable bonds is 2. The molecule has 0 saturated carbocycles. The Morgan fingerprint density at radius 3 is 2.09 bits per heavy atom. The molecule has 2 rings (SSSR count). The van der Waals surface area contributed by atoms with E-state index in [1.165, 1.54) is 33.0 Å². The van der Waals surface area contributed by atoms with Crippen molar-refractivity contribution in [2.75, 3.05) is 0 Å². The Labute approximate surface area is 134 Å². The first-order valence-corrected chi connectivity index (χ1v) is 7.53. The van der Waals surface area contributed by atoms with Gasteiger partial charge in [0, 0.05) is 0 Å². The Bertz CT molecular complexity index is 847. The lowest BCUT2D eigenvalue weighted by Gasteiger charge is -2.15. The average Bonchev–Trinajstić information content (AvgIpc) is 2.48. The van der Waals surface area contributed by atoms with Crippen molar-refractivity contribution in [3.63, 3.8) is 0 Å². The van der Waals surface area contributed by atoms with Crippen molar-refractivity contribution in [1.29, 1.82) is 0 Å².